The number of nitrogens with one attached hydrogen (secondary N) is 2. The number of benzene rings is 1. The number of esters is 1. The Morgan fingerprint density at radius 3 is 2.37 bits per heavy atom. The monoisotopic (exact) mass is 378 g/mol. The number of ether oxygens (including phenoxy) is 2. The van der Waals surface area contributed by atoms with Gasteiger partial charge in [0.1, 0.15) is 5.60 Å². The largest absolute Gasteiger partial charge is 0.456 e. The van der Waals surface area contributed by atoms with E-state index in [0.717, 1.165) is 18.4 Å². The quantitative estimate of drug-likeness (QED) is 0.644. The van der Waals surface area contributed by atoms with Gasteiger partial charge in [-0.2, -0.15) is 0 Å². The molecule has 27 heavy (non-hydrogen) atoms. The Morgan fingerprint density at radius 1 is 1.11 bits per heavy atom. The predicted octanol–water partition coefficient (Wildman–Crippen LogP) is 3.10. The van der Waals surface area contributed by atoms with Crippen LogP contribution >= 0.6 is 0 Å². The minimum Gasteiger partial charge on any atom is -0.456 e. The van der Waals surface area contributed by atoms with E-state index in [4.69, 9.17) is 9.47 Å². The number of amides is 2. The number of carbonyl (C=O) groups excluding carboxylic acids is 3. The maximum atomic E-state index is 12.1. The van der Waals surface area contributed by atoms with E-state index >= 15 is 0 Å². The van der Waals surface area contributed by atoms with Gasteiger partial charge < -0.3 is 20.1 Å². The Bertz CT molecular complexity index is 611. The van der Waals surface area contributed by atoms with E-state index in [2.05, 4.69) is 10.6 Å². The van der Waals surface area contributed by atoms with Crippen LogP contribution in [-0.2, 0) is 19.1 Å². The van der Waals surface area contributed by atoms with Crippen molar-refractivity contribution in [3.8, 4) is 0 Å². The predicted molar refractivity (Wildman–Crippen MR) is 102 cm³/mol. The highest BCUT2D eigenvalue weighted by molar-refractivity contribution is 5.81. The van der Waals surface area contributed by atoms with Crippen molar-refractivity contribution in [1.29, 1.82) is 0 Å². The summed E-state index contributed by atoms with van der Waals surface area (Å²) in [5.74, 6) is -0.918. The molecule has 7 nitrogen and oxygen atoms in total. The van der Waals surface area contributed by atoms with Gasteiger partial charge in [0, 0.05) is 6.54 Å². The molecular weight excluding hydrogens is 348 g/mol. The minimum atomic E-state index is -0.601. The van der Waals surface area contributed by atoms with E-state index in [1.165, 1.54) is 0 Å². The van der Waals surface area contributed by atoms with E-state index in [-0.39, 0.29) is 31.5 Å². The van der Waals surface area contributed by atoms with Crippen molar-refractivity contribution in [1.82, 2.24) is 10.6 Å². The summed E-state index contributed by atoms with van der Waals surface area (Å²) in [6.45, 7) is 7.03. The van der Waals surface area contributed by atoms with Crippen LogP contribution in [0.3, 0.4) is 0 Å². The summed E-state index contributed by atoms with van der Waals surface area (Å²) in [5.41, 5.74) is 0.414. The van der Waals surface area contributed by atoms with Crippen LogP contribution in [-0.4, -0.2) is 36.7 Å². The Balaban J connectivity index is 2.32. The molecule has 1 rings (SSSR count). The lowest BCUT2D eigenvalue weighted by Crippen LogP contribution is -2.34. The molecule has 0 spiro atoms. The minimum absolute atomic E-state index is 0.0381. The second-order valence-electron chi connectivity index (χ2n) is 7.16. The first-order chi connectivity index (χ1) is 12.7. The van der Waals surface area contributed by atoms with Crippen LogP contribution in [0.15, 0.2) is 30.3 Å². The lowest BCUT2D eigenvalue weighted by molar-refractivity contribution is -0.148. The van der Waals surface area contributed by atoms with Gasteiger partial charge in [0.2, 0.25) is 0 Å². The van der Waals surface area contributed by atoms with Gasteiger partial charge in [-0.3, -0.25) is 9.59 Å². The highest BCUT2D eigenvalue weighted by atomic mass is 16.6. The van der Waals surface area contributed by atoms with Gasteiger partial charge >= 0.3 is 12.1 Å². The van der Waals surface area contributed by atoms with Crippen LogP contribution in [0.1, 0.15) is 58.6 Å². The summed E-state index contributed by atoms with van der Waals surface area (Å²) in [6.07, 6.45) is 1.07. The molecule has 0 radical (unpaired) electrons. The van der Waals surface area contributed by atoms with Crippen molar-refractivity contribution < 1.29 is 23.9 Å². The molecule has 150 valence electrons. The molecule has 7 heteroatoms. The van der Waals surface area contributed by atoms with Gasteiger partial charge in [0.05, 0.1) is 12.5 Å². The van der Waals surface area contributed by atoms with Crippen molar-refractivity contribution in [2.45, 2.75) is 58.6 Å². The van der Waals surface area contributed by atoms with Crippen LogP contribution in [0.2, 0.25) is 0 Å². The summed E-state index contributed by atoms with van der Waals surface area (Å²) in [7, 11) is 0. The molecule has 0 aromatic heterocycles. The summed E-state index contributed by atoms with van der Waals surface area (Å²) in [5, 5.41) is 5.35. The molecular formula is C20H30N2O5. The highest BCUT2D eigenvalue weighted by Gasteiger charge is 2.17. The maximum absolute atomic E-state index is 12.1. The lowest BCUT2D eigenvalue weighted by atomic mass is 10.0. The van der Waals surface area contributed by atoms with Gasteiger partial charge in [0.25, 0.3) is 5.91 Å². The van der Waals surface area contributed by atoms with E-state index in [1.54, 1.807) is 20.8 Å². The summed E-state index contributed by atoms with van der Waals surface area (Å²) in [6, 6.07) is 9.55. The van der Waals surface area contributed by atoms with Gasteiger partial charge in [-0.15, -0.1) is 0 Å². The Morgan fingerprint density at radius 2 is 1.78 bits per heavy atom. The van der Waals surface area contributed by atoms with E-state index < -0.39 is 17.7 Å². The molecule has 2 N–H and O–H groups in total. The first-order valence-electron chi connectivity index (χ1n) is 9.18. The molecule has 0 saturated carbocycles. The van der Waals surface area contributed by atoms with Crippen LogP contribution in [0, 0.1) is 0 Å². The lowest BCUT2D eigenvalue weighted by Gasteiger charge is -2.19. The van der Waals surface area contributed by atoms with Crippen molar-refractivity contribution in [3.05, 3.63) is 35.9 Å². The van der Waals surface area contributed by atoms with Gasteiger partial charge in [-0.25, -0.2) is 4.79 Å². The average molecular weight is 378 g/mol. The zero-order valence-electron chi connectivity index (χ0n) is 16.5. The molecule has 0 heterocycles. The van der Waals surface area contributed by atoms with Crippen LogP contribution in [0.5, 0.6) is 0 Å². The fourth-order valence-electron chi connectivity index (χ4n) is 2.33. The zero-order chi connectivity index (χ0) is 20.3. The number of carbonyl (C=O) groups is 3. The highest BCUT2D eigenvalue weighted by Crippen LogP contribution is 2.17. The first kappa shape index (κ1) is 22.5. The topological polar surface area (TPSA) is 93.7 Å². The molecule has 0 unspecified atom stereocenters. The van der Waals surface area contributed by atoms with Gasteiger partial charge in [-0.1, -0.05) is 43.7 Å². The van der Waals surface area contributed by atoms with Gasteiger partial charge in [0.15, 0.2) is 6.61 Å². The van der Waals surface area contributed by atoms with Crippen molar-refractivity contribution in [3.63, 3.8) is 0 Å². The molecule has 1 aromatic carbocycles. The molecule has 0 aliphatic heterocycles. The Kier molecular flexibility index (Phi) is 9.33. The summed E-state index contributed by atoms with van der Waals surface area (Å²) >= 11 is 0. The number of alkyl carbamates (subject to hydrolysis) is 1. The molecule has 1 aromatic rings. The smallest absolute Gasteiger partial charge is 0.407 e. The number of hydrogen-bond acceptors (Lipinski definition) is 5. The van der Waals surface area contributed by atoms with Crippen LogP contribution < -0.4 is 10.6 Å². The molecule has 0 bridgehead atoms. The van der Waals surface area contributed by atoms with Crippen LogP contribution in [0.25, 0.3) is 0 Å². The second-order valence-corrected chi connectivity index (χ2v) is 7.16. The average Bonchev–Trinajstić information content (AvgIpc) is 2.59. The van der Waals surface area contributed by atoms with Crippen molar-refractivity contribution in [2.24, 2.45) is 0 Å². The molecule has 1 atom stereocenters. The fourth-order valence-corrected chi connectivity index (χ4v) is 2.33. The summed E-state index contributed by atoms with van der Waals surface area (Å²) < 4.78 is 10.0. The number of hydrogen-bond donors (Lipinski definition) is 2. The van der Waals surface area contributed by atoms with Gasteiger partial charge in [-0.05, 0) is 32.8 Å². The molecule has 0 saturated heterocycles. The molecule has 2 amide bonds. The van der Waals surface area contributed by atoms with Crippen molar-refractivity contribution in [2.75, 3.05) is 13.2 Å². The normalized spacial score (nSPS) is 12.0. The molecule has 0 aliphatic carbocycles. The maximum Gasteiger partial charge on any atom is 0.407 e. The number of rotatable bonds is 9. The first-order valence-corrected chi connectivity index (χ1v) is 9.18. The Labute approximate surface area is 160 Å². The molecule has 0 fully saturated rings. The second kappa shape index (κ2) is 11.2. The summed E-state index contributed by atoms with van der Waals surface area (Å²) in [4.78, 5) is 35.2. The third kappa shape index (κ3) is 10.2. The van der Waals surface area contributed by atoms with E-state index in [0.29, 0.717) is 0 Å². The SMILES string of the molecule is CCC[C@@H](NC(=O)COC(=O)CCNC(=O)OC(C)(C)C)c1ccccc1. The standard InChI is InChI=1S/C20H30N2O5/c1-5-9-16(15-10-7-6-8-11-15)22-17(23)14-26-18(24)12-13-21-19(25)27-20(2,3)4/h6-8,10-11,16H,5,9,12-14H2,1-4H3,(H,21,25)(H,22,23)/t16-/m1/s1. The van der Waals surface area contributed by atoms with Crippen molar-refractivity contribution >= 4 is 18.0 Å². The zero-order valence-corrected chi connectivity index (χ0v) is 16.5. The van der Waals surface area contributed by atoms with E-state index in [9.17, 15) is 14.4 Å². The van der Waals surface area contributed by atoms with Crippen LogP contribution in [0.4, 0.5) is 4.79 Å². The third-order valence-electron chi connectivity index (χ3n) is 3.48. The third-order valence-corrected chi connectivity index (χ3v) is 3.48. The Hall–Kier alpha value is -2.57. The fraction of sp³-hybridized carbons (Fsp3) is 0.550. The molecule has 0 aliphatic rings. The van der Waals surface area contributed by atoms with E-state index in [1.807, 2.05) is 37.3 Å².